The van der Waals surface area contributed by atoms with E-state index in [4.69, 9.17) is 9.47 Å². The number of hydrogen-bond donors (Lipinski definition) is 2. The summed E-state index contributed by atoms with van der Waals surface area (Å²) in [6.07, 6.45) is -12.2. The molecule has 2 N–H and O–H groups in total. The minimum absolute atomic E-state index is 0.0742. The summed E-state index contributed by atoms with van der Waals surface area (Å²) in [4.78, 5) is 28.3. The van der Waals surface area contributed by atoms with Gasteiger partial charge in [0.05, 0.1) is 23.8 Å². The number of fused-ring (bicyclic) bond motifs is 1. The number of aryl methyl sites for hydroxylation is 1. The average Bonchev–Trinajstić information content (AvgIpc) is 3.54. The van der Waals surface area contributed by atoms with Crippen molar-refractivity contribution in [3.05, 3.63) is 86.6 Å². The Bertz CT molecular complexity index is 1450. The SMILES string of the molecule is Cc1ccccc1[C@@H]1[C@@H](O[C@H](C)c2cc(C(F)(F)F)cc(C(F)(F)F)c2)OC[C@@H]2CN(C(=O)c3n[nH]c(=O)[nH]3)C[C@H]21. The van der Waals surface area contributed by atoms with Crippen molar-refractivity contribution in [2.45, 2.75) is 44.5 Å². The molecule has 41 heavy (non-hydrogen) atoms. The van der Waals surface area contributed by atoms with E-state index in [1.807, 2.05) is 25.1 Å². The van der Waals surface area contributed by atoms with Crippen LogP contribution in [0.5, 0.6) is 0 Å². The van der Waals surface area contributed by atoms with Gasteiger partial charge in [0.1, 0.15) is 0 Å². The summed E-state index contributed by atoms with van der Waals surface area (Å²) in [5.74, 6) is -1.50. The summed E-state index contributed by atoms with van der Waals surface area (Å²) in [6, 6.07) is 8.73. The molecular weight excluding hydrogens is 558 g/mol. The number of alkyl halides is 6. The van der Waals surface area contributed by atoms with Crippen LogP contribution in [-0.4, -0.2) is 52.0 Å². The number of halogens is 6. The number of hydrogen-bond acceptors (Lipinski definition) is 5. The largest absolute Gasteiger partial charge is 0.416 e. The summed E-state index contributed by atoms with van der Waals surface area (Å²) in [7, 11) is 0. The minimum atomic E-state index is -4.99. The Morgan fingerprint density at radius 3 is 2.32 bits per heavy atom. The molecule has 2 aromatic carbocycles. The summed E-state index contributed by atoms with van der Waals surface area (Å²) in [6.45, 7) is 3.93. The molecule has 1 aromatic heterocycles. The van der Waals surface area contributed by atoms with Gasteiger partial charge in [0.25, 0.3) is 5.91 Å². The zero-order chi connectivity index (χ0) is 29.7. The van der Waals surface area contributed by atoms with E-state index >= 15 is 0 Å². The van der Waals surface area contributed by atoms with Crippen LogP contribution >= 0.6 is 0 Å². The molecule has 1 amide bonds. The Balaban J connectivity index is 1.46. The van der Waals surface area contributed by atoms with E-state index in [9.17, 15) is 35.9 Å². The van der Waals surface area contributed by atoms with Crippen molar-refractivity contribution in [2.75, 3.05) is 19.7 Å². The third-order valence-electron chi connectivity index (χ3n) is 7.68. The Morgan fingerprint density at radius 1 is 1.07 bits per heavy atom. The lowest BCUT2D eigenvalue weighted by Crippen LogP contribution is -2.42. The molecule has 3 aromatic rings. The van der Waals surface area contributed by atoms with Crippen molar-refractivity contribution in [1.82, 2.24) is 20.1 Å². The smallest absolute Gasteiger partial charge is 0.352 e. The second kappa shape index (κ2) is 10.6. The van der Waals surface area contributed by atoms with Crippen LogP contribution in [0.4, 0.5) is 26.3 Å². The molecule has 0 spiro atoms. The van der Waals surface area contributed by atoms with Crippen LogP contribution in [0.1, 0.15) is 57.4 Å². The second-order valence-electron chi connectivity index (χ2n) is 10.4. The molecule has 2 aliphatic heterocycles. The van der Waals surface area contributed by atoms with E-state index in [2.05, 4.69) is 15.2 Å². The molecular formula is C27H26F6N4O4. The summed E-state index contributed by atoms with van der Waals surface area (Å²) in [5.41, 5.74) is -2.09. The zero-order valence-corrected chi connectivity index (χ0v) is 21.8. The summed E-state index contributed by atoms with van der Waals surface area (Å²) >= 11 is 0. The maximum Gasteiger partial charge on any atom is 0.416 e. The van der Waals surface area contributed by atoms with Crippen LogP contribution in [-0.2, 0) is 21.8 Å². The van der Waals surface area contributed by atoms with Crippen molar-refractivity contribution < 1.29 is 40.6 Å². The topological polar surface area (TPSA) is 100 Å². The molecule has 2 fully saturated rings. The quantitative estimate of drug-likeness (QED) is 0.409. The van der Waals surface area contributed by atoms with Gasteiger partial charge in [0.2, 0.25) is 5.82 Å². The molecule has 2 saturated heterocycles. The Hall–Kier alpha value is -3.65. The standard InChI is InChI=1S/C27H26F6N4O4/c1-13-5-3-4-6-19(13)21-20-11-37(23(38)22-34-25(39)36-35-22)10-16(20)12-40-24(21)41-14(2)15-7-17(26(28,29)30)9-18(8-15)27(31,32)33/h3-9,14,16,20-21,24H,10-12H2,1-2H3,(H2,34,35,36,39)/t14-,16+,20-,21+,24-/m1/s1. The fourth-order valence-electron chi connectivity index (χ4n) is 5.65. The first-order chi connectivity index (χ1) is 19.2. The van der Waals surface area contributed by atoms with Gasteiger partial charge in [0, 0.05) is 24.9 Å². The van der Waals surface area contributed by atoms with Crippen LogP contribution < -0.4 is 5.69 Å². The third-order valence-corrected chi connectivity index (χ3v) is 7.68. The molecule has 3 heterocycles. The first kappa shape index (κ1) is 28.9. The third kappa shape index (κ3) is 5.89. The molecule has 8 nitrogen and oxygen atoms in total. The number of H-pyrrole nitrogens is 2. The number of likely N-dealkylation sites (tertiary alicyclic amines) is 1. The lowest BCUT2D eigenvalue weighted by Gasteiger charge is -2.41. The number of rotatable bonds is 5. The van der Waals surface area contributed by atoms with Crippen molar-refractivity contribution in [2.24, 2.45) is 11.8 Å². The van der Waals surface area contributed by atoms with E-state index in [1.54, 1.807) is 6.07 Å². The fourth-order valence-corrected chi connectivity index (χ4v) is 5.65. The van der Waals surface area contributed by atoms with E-state index in [1.165, 1.54) is 11.8 Å². The van der Waals surface area contributed by atoms with Crippen molar-refractivity contribution in [1.29, 1.82) is 0 Å². The number of nitrogens with zero attached hydrogens (tertiary/aromatic N) is 2. The molecule has 220 valence electrons. The van der Waals surface area contributed by atoms with E-state index < -0.39 is 53.4 Å². The van der Waals surface area contributed by atoms with Gasteiger partial charge in [0.15, 0.2) is 6.29 Å². The Morgan fingerprint density at radius 2 is 1.73 bits per heavy atom. The number of amides is 1. The first-order valence-electron chi connectivity index (χ1n) is 12.8. The van der Waals surface area contributed by atoms with Crippen LogP contribution in [0.3, 0.4) is 0 Å². The zero-order valence-electron chi connectivity index (χ0n) is 21.8. The number of nitrogens with one attached hydrogen (secondary N) is 2. The predicted octanol–water partition coefficient (Wildman–Crippen LogP) is 5.05. The van der Waals surface area contributed by atoms with Gasteiger partial charge in [-0.15, -0.1) is 5.10 Å². The molecule has 0 saturated carbocycles. The lowest BCUT2D eigenvalue weighted by molar-refractivity contribution is -0.217. The Kier molecular flexibility index (Phi) is 7.49. The Labute approximate surface area is 229 Å². The van der Waals surface area contributed by atoms with Crippen LogP contribution in [0.25, 0.3) is 0 Å². The van der Waals surface area contributed by atoms with Crippen molar-refractivity contribution >= 4 is 5.91 Å². The molecule has 14 heteroatoms. The number of carbonyl (C=O) groups is 1. The highest BCUT2D eigenvalue weighted by Gasteiger charge is 2.49. The van der Waals surface area contributed by atoms with Gasteiger partial charge in [-0.05, 0) is 54.7 Å². The fraction of sp³-hybridized carbons (Fsp3) is 0.444. The molecule has 0 aliphatic carbocycles. The molecule has 0 radical (unpaired) electrons. The summed E-state index contributed by atoms with van der Waals surface area (Å²) < 4.78 is 93.0. The van der Waals surface area contributed by atoms with Gasteiger partial charge in [-0.2, -0.15) is 26.3 Å². The predicted molar refractivity (Wildman–Crippen MR) is 132 cm³/mol. The number of aromatic nitrogens is 3. The van der Waals surface area contributed by atoms with E-state index in [0.29, 0.717) is 18.7 Å². The van der Waals surface area contributed by atoms with Gasteiger partial charge in [-0.3, -0.25) is 9.78 Å². The lowest BCUT2D eigenvalue weighted by atomic mass is 9.76. The van der Waals surface area contributed by atoms with Gasteiger partial charge >= 0.3 is 18.0 Å². The normalized spacial score (nSPS) is 23.9. The van der Waals surface area contributed by atoms with E-state index in [-0.39, 0.29) is 42.4 Å². The minimum Gasteiger partial charge on any atom is -0.352 e. The number of carbonyl (C=O) groups excluding carboxylic acids is 1. The molecule has 2 aliphatic rings. The first-order valence-corrected chi connectivity index (χ1v) is 12.8. The number of ether oxygens (including phenoxy) is 2. The van der Waals surface area contributed by atoms with Crippen molar-refractivity contribution in [3.63, 3.8) is 0 Å². The highest BCUT2D eigenvalue weighted by Crippen LogP contribution is 2.46. The monoisotopic (exact) mass is 584 g/mol. The highest BCUT2D eigenvalue weighted by molar-refractivity contribution is 5.90. The van der Waals surface area contributed by atoms with Crippen LogP contribution in [0.15, 0.2) is 47.3 Å². The average molecular weight is 585 g/mol. The molecule has 5 atom stereocenters. The second-order valence-corrected chi connectivity index (χ2v) is 10.4. The van der Waals surface area contributed by atoms with E-state index in [0.717, 1.165) is 11.1 Å². The number of aromatic amines is 2. The van der Waals surface area contributed by atoms with Gasteiger partial charge in [-0.25, -0.2) is 9.89 Å². The van der Waals surface area contributed by atoms with Crippen LogP contribution in [0, 0.1) is 18.8 Å². The molecule has 5 rings (SSSR count). The maximum absolute atomic E-state index is 13.5. The molecule has 0 bridgehead atoms. The number of benzene rings is 2. The summed E-state index contributed by atoms with van der Waals surface area (Å²) in [5, 5.41) is 5.86. The van der Waals surface area contributed by atoms with Crippen molar-refractivity contribution in [3.8, 4) is 0 Å². The maximum atomic E-state index is 13.5. The van der Waals surface area contributed by atoms with Crippen LogP contribution in [0.2, 0.25) is 0 Å². The van der Waals surface area contributed by atoms with Gasteiger partial charge < -0.3 is 14.4 Å². The highest BCUT2D eigenvalue weighted by atomic mass is 19.4. The molecule has 0 unspecified atom stereocenters. The van der Waals surface area contributed by atoms with Gasteiger partial charge in [-0.1, -0.05) is 24.3 Å².